The summed E-state index contributed by atoms with van der Waals surface area (Å²) in [5.41, 5.74) is -0.0715. The van der Waals surface area contributed by atoms with E-state index in [-0.39, 0.29) is 5.69 Å². The van der Waals surface area contributed by atoms with E-state index in [1.807, 2.05) is 0 Å². The average Bonchev–Trinajstić information content (AvgIpc) is 2.44. The molecular weight excluding hydrogens is 319 g/mol. The van der Waals surface area contributed by atoms with Gasteiger partial charge in [-0.25, -0.2) is 21.6 Å². The summed E-state index contributed by atoms with van der Waals surface area (Å²) in [7, 11) is -4.42. The van der Waals surface area contributed by atoms with Gasteiger partial charge in [-0.2, -0.15) is 0 Å². The number of aliphatic hydroxyl groups excluding tert-OH is 1. The van der Waals surface area contributed by atoms with Gasteiger partial charge in [0.25, 0.3) is 10.0 Å². The maximum Gasteiger partial charge on any atom is 0.267 e. The van der Waals surface area contributed by atoms with Crippen LogP contribution < -0.4 is 4.31 Å². The quantitative estimate of drug-likeness (QED) is 0.914. The molecule has 2 rings (SSSR count). The molecule has 0 aliphatic carbocycles. The van der Waals surface area contributed by atoms with Gasteiger partial charge < -0.3 is 5.11 Å². The lowest BCUT2D eigenvalue weighted by molar-refractivity contribution is 0.306. The Balaban J connectivity index is 2.55. The van der Waals surface area contributed by atoms with Crippen LogP contribution in [0.5, 0.6) is 0 Å². The van der Waals surface area contributed by atoms with Crippen molar-refractivity contribution in [1.29, 1.82) is 0 Å². The van der Waals surface area contributed by atoms with Crippen LogP contribution >= 0.6 is 0 Å². The Bertz CT molecular complexity index is 781. The highest BCUT2D eigenvalue weighted by atomic mass is 32.2. The number of halogens is 3. The third-order valence-corrected chi connectivity index (χ3v) is 4.72. The van der Waals surface area contributed by atoms with E-state index in [2.05, 4.69) is 0 Å². The summed E-state index contributed by atoms with van der Waals surface area (Å²) in [6.45, 7) is -0.957. The smallest absolute Gasteiger partial charge is 0.267 e. The molecule has 8 heteroatoms. The number of hydrogen-bond donors (Lipinski definition) is 1. The highest BCUT2D eigenvalue weighted by molar-refractivity contribution is 7.92. The first-order valence-corrected chi connectivity index (χ1v) is 7.64. The number of benzene rings is 2. The minimum atomic E-state index is -4.42. The van der Waals surface area contributed by atoms with Crippen molar-refractivity contribution in [1.82, 2.24) is 0 Å². The molecule has 0 fully saturated rings. The molecule has 0 aliphatic rings. The molecule has 2 aromatic carbocycles. The summed E-state index contributed by atoms with van der Waals surface area (Å²) in [6.07, 6.45) is 0. The van der Waals surface area contributed by atoms with E-state index in [0.717, 1.165) is 24.3 Å². The molecule has 0 aromatic heterocycles. The van der Waals surface area contributed by atoms with Crippen LogP contribution in [0.2, 0.25) is 0 Å². The van der Waals surface area contributed by atoms with Crippen LogP contribution in [0, 0.1) is 17.5 Å². The van der Waals surface area contributed by atoms with Crippen molar-refractivity contribution in [3.05, 3.63) is 59.9 Å². The molecule has 0 unspecified atom stereocenters. The van der Waals surface area contributed by atoms with E-state index >= 15 is 0 Å². The third-order valence-electron chi connectivity index (χ3n) is 2.86. The van der Waals surface area contributed by atoms with Crippen molar-refractivity contribution in [2.75, 3.05) is 17.5 Å². The number of nitrogens with zero attached hydrogens (tertiary/aromatic N) is 1. The van der Waals surface area contributed by atoms with E-state index in [1.165, 1.54) is 12.1 Å². The predicted octanol–water partition coefficient (Wildman–Crippen LogP) is 2.29. The first-order chi connectivity index (χ1) is 10.4. The summed E-state index contributed by atoms with van der Waals surface area (Å²) in [5, 5.41) is 9.04. The Morgan fingerprint density at radius 2 is 1.68 bits per heavy atom. The minimum Gasteiger partial charge on any atom is -0.394 e. The first-order valence-electron chi connectivity index (χ1n) is 6.20. The maximum atomic E-state index is 13.8. The number of anilines is 1. The van der Waals surface area contributed by atoms with Crippen LogP contribution in [0.25, 0.3) is 0 Å². The Morgan fingerprint density at radius 3 is 2.27 bits per heavy atom. The number of rotatable bonds is 5. The van der Waals surface area contributed by atoms with Gasteiger partial charge in [-0.3, -0.25) is 4.31 Å². The molecule has 0 saturated heterocycles. The summed E-state index contributed by atoms with van der Waals surface area (Å²) in [6, 6.07) is 6.67. The van der Waals surface area contributed by atoms with E-state index in [4.69, 9.17) is 5.11 Å². The van der Waals surface area contributed by atoms with Gasteiger partial charge in [0.1, 0.15) is 22.3 Å². The van der Waals surface area contributed by atoms with Gasteiger partial charge in [0, 0.05) is 6.07 Å². The highest BCUT2D eigenvalue weighted by Crippen LogP contribution is 2.26. The number of sulfonamides is 1. The molecule has 0 amide bonds. The molecular formula is C14H12F3NO3S. The molecule has 1 N–H and O–H groups in total. The maximum absolute atomic E-state index is 13.8. The Labute approximate surface area is 125 Å². The van der Waals surface area contributed by atoms with Crippen molar-refractivity contribution >= 4 is 15.7 Å². The summed E-state index contributed by atoms with van der Waals surface area (Å²) < 4.78 is 65.6. The van der Waals surface area contributed by atoms with Gasteiger partial charge in [0.05, 0.1) is 18.8 Å². The van der Waals surface area contributed by atoms with E-state index < -0.39 is 45.5 Å². The average molecular weight is 331 g/mol. The van der Waals surface area contributed by atoms with Gasteiger partial charge in [0.2, 0.25) is 0 Å². The molecule has 0 aliphatic heterocycles. The SMILES string of the molecule is O=S(=O)(c1ccc(F)cc1F)N(CCO)c1cccc(F)c1. The predicted molar refractivity (Wildman–Crippen MR) is 74.4 cm³/mol. The van der Waals surface area contributed by atoms with Crippen LogP contribution in [-0.2, 0) is 10.0 Å². The molecule has 0 spiro atoms. The van der Waals surface area contributed by atoms with E-state index in [1.54, 1.807) is 0 Å². The Hall–Kier alpha value is -2.06. The summed E-state index contributed by atoms with van der Waals surface area (Å²) in [4.78, 5) is -0.758. The van der Waals surface area contributed by atoms with Crippen LogP contribution in [0.4, 0.5) is 18.9 Å². The fourth-order valence-corrected chi connectivity index (χ4v) is 3.41. The molecule has 4 nitrogen and oxygen atoms in total. The van der Waals surface area contributed by atoms with Gasteiger partial charge >= 0.3 is 0 Å². The zero-order chi connectivity index (χ0) is 16.3. The topological polar surface area (TPSA) is 57.6 Å². The van der Waals surface area contributed by atoms with Crippen LogP contribution in [0.15, 0.2) is 47.4 Å². The van der Waals surface area contributed by atoms with Gasteiger partial charge in [-0.1, -0.05) is 6.07 Å². The van der Waals surface area contributed by atoms with Gasteiger partial charge in [-0.15, -0.1) is 0 Å². The largest absolute Gasteiger partial charge is 0.394 e. The second-order valence-electron chi connectivity index (χ2n) is 4.36. The molecule has 0 heterocycles. The zero-order valence-electron chi connectivity index (χ0n) is 11.2. The van der Waals surface area contributed by atoms with Crippen LogP contribution in [0.1, 0.15) is 0 Å². The lowest BCUT2D eigenvalue weighted by atomic mass is 10.3. The third kappa shape index (κ3) is 3.23. The van der Waals surface area contributed by atoms with Crippen molar-refractivity contribution in [2.45, 2.75) is 4.90 Å². The Kier molecular flexibility index (Phi) is 4.72. The summed E-state index contributed by atoms with van der Waals surface area (Å²) >= 11 is 0. The fourth-order valence-electron chi connectivity index (χ4n) is 1.91. The normalized spacial score (nSPS) is 11.5. The second-order valence-corrected chi connectivity index (χ2v) is 6.19. The highest BCUT2D eigenvalue weighted by Gasteiger charge is 2.28. The van der Waals surface area contributed by atoms with Crippen molar-refractivity contribution in [3.8, 4) is 0 Å². The van der Waals surface area contributed by atoms with Crippen molar-refractivity contribution in [3.63, 3.8) is 0 Å². The number of hydrogen-bond acceptors (Lipinski definition) is 3. The van der Waals surface area contributed by atoms with Crippen LogP contribution in [-0.4, -0.2) is 26.7 Å². The Morgan fingerprint density at radius 1 is 1.00 bits per heavy atom. The molecule has 0 bridgehead atoms. The standard InChI is InChI=1S/C14H12F3NO3S/c15-10-2-1-3-12(8-10)18(6-7-19)22(20,21)14-5-4-11(16)9-13(14)17/h1-5,8-9,19H,6-7H2. The molecule has 0 radical (unpaired) electrons. The monoisotopic (exact) mass is 331 g/mol. The van der Waals surface area contributed by atoms with Crippen molar-refractivity contribution < 1.29 is 26.7 Å². The minimum absolute atomic E-state index is 0.0715. The lowest BCUT2D eigenvalue weighted by Crippen LogP contribution is -2.34. The zero-order valence-corrected chi connectivity index (χ0v) is 12.0. The van der Waals surface area contributed by atoms with Crippen LogP contribution in [0.3, 0.4) is 0 Å². The molecule has 118 valence electrons. The fraction of sp³-hybridized carbons (Fsp3) is 0.143. The van der Waals surface area contributed by atoms with E-state index in [9.17, 15) is 21.6 Å². The molecule has 2 aromatic rings. The molecule has 0 atom stereocenters. The molecule has 22 heavy (non-hydrogen) atoms. The molecule has 0 saturated carbocycles. The number of aliphatic hydroxyl groups is 1. The van der Waals surface area contributed by atoms with Gasteiger partial charge in [-0.05, 0) is 30.3 Å². The van der Waals surface area contributed by atoms with Gasteiger partial charge in [0.15, 0.2) is 0 Å². The summed E-state index contributed by atoms with van der Waals surface area (Å²) in [5.74, 6) is -2.87. The van der Waals surface area contributed by atoms with E-state index in [0.29, 0.717) is 10.4 Å². The van der Waals surface area contributed by atoms with Crippen molar-refractivity contribution in [2.24, 2.45) is 0 Å². The first kappa shape index (κ1) is 16.3. The second kappa shape index (κ2) is 6.37. The lowest BCUT2D eigenvalue weighted by Gasteiger charge is -2.24.